The molecule has 3 N–H and O–H groups in total. The van der Waals surface area contributed by atoms with E-state index in [0.717, 1.165) is 24.5 Å². The number of rotatable bonds is 3. The van der Waals surface area contributed by atoms with Crippen molar-refractivity contribution < 1.29 is 24.5 Å². The average molecular weight is 417 g/mol. The van der Waals surface area contributed by atoms with E-state index in [0.29, 0.717) is 31.9 Å². The molecule has 0 unspecified atom stereocenters. The van der Waals surface area contributed by atoms with Crippen LogP contribution < -0.4 is 0 Å². The molecule has 1 amide bonds. The molecule has 2 aliphatic heterocycles. The molecule has 4 rings (SSSR count). The quantitative estimate of drug-likeness (QED) is 0.625. The summed E-state index contributed by atoms with van der Waals surface area (Å²) in [5.41, 5.74) is 3.75. The number of aromatic amines is 1. The molecule has 0 aromatic carbocycles. The first-order chi connectivity index (χ1) is 14.4. The molecule has 2 aromatic heterocycles. The van der Waals surface area contributed by atoms with Gasteiger partial charge in [0.25, 0.3) is 12.4 Å². The Morgan fingerprint density at radius 2 is 2.07 bits per heavy atom. The summed E-state index contributed by atoms with van der Waals surface area (Å²) < 4.78 is 5.87. The largest absolute Gasteiger partial charge is 0.506 e. The molecule has 0 radical (unpaired) electrons. The van der Waals surface area contributed by atoms with E-state index in [4.69, 9.17) is 14.6 Å². The predicted octanol–water partition coefficient (Wildman–Crippen LogP) is 0.801. The van der Waals surface area contributed by atoms with E-state index < -0.39 is 0 Å². The molecule has 0 saturated carbocycles. The van der Waals surface area contributed by atoms with Gasteiger partial charge in [-0.3, -0.25) is 24.6 Å². The fraction of sp³-hybridized carbons (Fsp3) is 0.500. The molecule has 2 bridgehead atoms. The number of H-pyrrole nitrogens is 1. The van der Waals surface area contributed by atoms with Crippen molar-refractivity contribution in [3.05, 3.63) is 41.0 Å². The predicted molar refractivity (Wildman–Crippen MR) is 107 cm³/mol. The van der Waals surface area contributed by atoms with E-state index in [9.17, 15) is 9.90 Å². The zero-order valence-electron chi connectivity index (χ0n) is 17.1. The Hall–Kier alpha value is -2.98. The number of ether oxygens (including phenoxy) is 1. The van der Waals surface area contributed by atoms with Crippen LogP contribution in [0.3, 0.4) is 0 Å². The second-order valence-electron chi connectivity index (χ2n) is 7.65. The molecule has 4 heterocycles. The van der Waals surface area contributed by atoms with E-state index >= 15 is 0 Å². The maximum Gasteiger partial charge on any atom is 0.290 e. The summed E-state index contributed by atoms with van der Waals surface area (Å²) in [6.07, 6.45) is 2.84. The van der Waals surface area contributed by atoms with Crippen molar-refractivity contribution in [2.24, 2.45) is 5.92 Å². The van der Waals surface area contributed by atoms with Gasteiger partial charge in [0.2, 0.25) is 0 Å². The monoisotopic (exact) mass is 417 g/mol. The first kappa shape index (κ1) is 21.7. The van der Waals surface area contributed by atoms with Gasteiger partial charge in [-0.25, -0.2) is 0 Å². The summed E-state index contributed by atoms with van der Waals surface area (Å²) >= 11 is 0. The summed E-state index contributed by atoms with van der Waals surface area (Å²) in [5, 5.41) is 23.9. The number of pyridine rings is 1. The first-order valence-corrected chi connectivity index (χ1v) is 9.76. The third kappa shape index (κ3) is 4.95. The second-order valence-corrected chi connectivity index (χ2v) is 7.65. The molecule has 2 atom stereocenters. The molecular formula is C20H27N5O5. The van der Waals surface area contributed by atoms with Crippen molar-refractivity contribution in [2.75, 3.05) is 32.8 Å². The van der Waals surface area contributed by atoms with Crippen LogP contribution in [0.1, 0.15) is 27.3 Å². The lowest BCUT2D eigenvalue weighted by Gasteiger charge is -2.31. The molecule has 10 heteroatoms. The number of aromatic hydroxyl groups is 1. The number of aryl methyl sites for hydroxylation is 2. The molecular weight excluding hydrogens is 390 g/mol. The number of fused-ring (bicyclic) bond motifs is 3. The molecule has 2 aromatic rings. The number of carboxylic acid groups (broad SMARTS) is 1. The molecule has 162 valence electrons. The van der Waals surface area contributed by atoms with Crippen LogP contribution >= 0.6 is 0 Å². The van der Waals surface area contributed by atoms with Crippen LogP contribution in [0, 0.1) is 19.8 Å². The summed E-state index contributed by atoms with van der Waals surface area (Å²) in [7, 11) is 0. The van der Waals surface area contributed by atoms with Gasteiger partial charge in [0.15, 0.2) is 0 Å². The highest BCUT2D eigenvalue weighted by molar-refractivity contribution is 5.94. The Kier molecular flexibility index (Phi) is 7.01. The Labute approximate surface area is 174 Å². The van der Waals surface area contributed by atoms with Crippen molar-refractivity contribution in [1.29, 1.82) is 0 Å². The maximum atomic E-state index is 13.0. The van der Waals surface area contributed by atoms with Gasteiger partial charge in [0.05, 0.1) is 36.7 Å². The minimum atomic E-state index is -0.250. The lowest BCUT2D eigenvalue weighted by molar-refractivity contribution is -0.122. The van der Waals surface area contributed by atoms with Gasteiger partial charge < -0.3 is 19.8 Å². The van der Waals surface area contributed by atoms with E-state index in [1.54, 1.807) is 0 Å². The third-order valence-electron chi connectivity index (χ3n) is 5.48. The second kappa shape index (κ2) is 9.68. The number of hydrogen-bond acceptors (Lipinski definition) is 7. The van der Waals surface area contributed by atoms with Gasteiger partial charge in [0, 0.05) is 49.6 Å². The first-order valence-electron chi connectivity index (χ1n) is 9.76. The Bertz CT molecular complexity index is 867. The molecule has 2 saturated heterocycles. The van der Waals surface area contributed by atoms with Crippen molar-refractivity contribution in [2.45, 2.75) is 26.4 Å². The number of amides is 1. The lowest BCUT2D eigenvalue weighted by atomic mass is 10.1. The minimum Gasteiger partial charge on any atom is -0.506 e. The number of hydrogen-bond donors (Lipinski definition) is 3. The third-order valence-corrected chi connectivity index (χ3v) is 5.48. The van der Waals surface area contributed by atoms with Gasteiger partial charge in [-0.2, -0.15) is 5.10 Å². The van der Waals surface area contributed by atoms with Crippen LogP contribution in [0.5, 0.6) is 5.75 Å². The zero-order chi connectivity index (χ0) is 21.7. The summed E-state index contributed by atoms with van der Waals surface area (Å²) in [5.74, 6) is 0.166. The standard InChI is InChI=1S/C19H25N5O3.CH2O2/c1-12-18(13(2)22-21-12)9-23-6-14-7-24(8-16(23)11-27-10-14)19(26)15-3-17(25)5-20-4-15;2-1-3/h3-5,14,16,25H,6-11H2,1-2H3,(H,21,22);1H,(H,2,3)/t14-,16+;/m1./s1. The van der Waals surface area contributed by atoms with E-state index in [2.05, 4.69) is 20.1 Å². The van der Waals surface area contributed by atoms with Crippen molar-refractivity contribution in [1.82, 2.24) is 25.0 Å². The van der Waals surface area contributed by atoms with Gasteiger partial charge in [0.1, 0.15) is 5.75 Å². The normalized spacial score (nSPS) is 21.3. The summed E-state index contributed by atoms with van der Waals surface area (Å²) in [6, 6.07) is 1.60. The number of aromatic nitrogens is 3. The number of carbonyl (C=O) groups excluding carboxylic acids is 1. The fourth-order valence-corrected chi connectivity index (χ4v) is 4.03. The average Bonchev–Trinajstić information content (AvgIpc) is 2.87. The van der Waals surface area contributed by atoms with Gasteiger partial charge >= 0.3 is 0 Å². The van der Waals surface area contributed by atoms with Gasteiger partial charge in [-0.05, 0) is 19.9 Å². The molecule has 30 heavy (non-hydrogen) atoms. The smallest absolute Gasteiger partial charge is 0.290 e. The van der Waals surface area contributed by atoms with Crippen LogP contribution in [0.2, 0.25) is 0 Å². The topological polar surface area (TPSA) is 132 Å². The van der Waals surface area contributed by atoms with Gasteiger partial charge in [-0.1, -0.05) is 0 Å². The van der Waals surface area contributed by atoms with Crippen molar-refractivity contribution in [3.8, 4) is 5.75 Å². The highest BCUT2D eigenvalue weighted by atomic mass is 16.5. The highest BCUT2D eigenvalue weighted by Gasteiger charge is 2.36. The molecule has 0 spiro atoms. The van der Waals surface area contributed by atoms with Gasteiger partial charge in [-0.15, -0.1) is 0 Å². The SMILES string of the molecule is Cc1n[nH]c(C)c1CN1C[C@H]2COC[C@@H]1CN(C(=O)c1cncc(O)c1)C2.O=CO. The minimum absolute atomic E-state index is 0.00624. The lowest BCUT2D eigenvalue weighted by Crippen LogP contribution is -2.45. The molecule has 2 aliphatic rings. The van der Waals surface area contributed by atoms with Crippen LogP contribution in [0.15, 0.2) is 18.5 Å². The van der Waals surface area contributed by atoms with Crippen LogP contribution in [0.25, 0.3) is 0 Å². The van der Waals surface area contributed by atoms with Crippen molar-refractivity contribution in [3.63, 3.8) is 0 Å². The Balaban J connectivity index is 0.000000806. The van der Waals surface area contributed by atoms with Crippen LogP contribution in [0.4, 0.5) is 0 Å². The summed E-state index contributed by atoms with van der Waals surface area (Å²) in [4.78, 5) is 29.6. The number of carbonyl (C=O) groups is 2. The number of nitrogens with one attached hydrogen (secondary N) is 1. The summed E-state index contributed by atoms with van der Waals surface area (Å²) in [6.45, 7) is 7.99. The maximum absolute atomic E-state index is 13.0. The van der Waals surface area contributed by atoms with Crippen molar-refractivity contribution >= 4 is 12.4 Å². The highest BCUT2D eigenvalue weighted by Crippen LogP contribution is 2.24. The Morgan fingerprint density at radius 1 is 1.30 bits per heavy atom. The molecule has 2 fully saturated rings. The fourth-order valence-electron chi connectivity index (χ4n) is 4.03. The van der Waals surface area contributed by atoms with Crippen LogP contribution in [-0.4, -0.2) is 86.5 Å². The van der Waals surface area contributed by atoms with E-state index in [1.165, 1.54) is 24.0 Å². The Morgan fingerprint density at radius 3 is 2.73 bits per heavy atom. The van der Waals surface area contributed by atoms with E-state index in [1.807, 2.05) is 18.7 Å². The molecule has 0 aliphatic carbocycles. The molecule has 10 nitrogen and oxygen atoms in total. The van der Waals surface area contributed by atoms with E-state index in [-0.39, 0.29) is 30.1 Å². The van der Waals surface area contributed by atoms with Crippen LogP contribution in [-0.2, 0) is 16.1 Å². The number of nitrogens with zero attached hydrogens (tertiary/aromatic N) is 4. The zero-order valence-corrected chi connectivity index (χ0v) is 17.1.